The van der Waals surface area contributed by atoms with Crippen LogP contribution in [0.4, 0.5) is 0 Å². The fourth-order valence-corrected chi connectivity index (χ4v) is 2.37. The van der Waals surface area contributed by atoms with E-state index in [0.29, 0.717) is 30.4 Å². The summed E-state index contributed by atoms with van der Waals surface area (Å²) in [7, 11) is 0. The predicted octanol–water partition coefficient (Wildman–Crippen LogP) is 3.16. The summed E-state index contributed by atoms with van der Waals surface area (Å²) in [5.41, 5.74) is 0.0720. The first-order valence-corrected chi connectivity index (χ1v) is 7.02. The summed E-state index contributed by atoms with van der Waals surface area (Å²) in [6, 6.07) is 5.44. The van der Waals surface area contributed by atoms with Crippen molar-refractivity contribution in [3.05, 3.63) is 28.8 Å². The highest BCUT2D eigenvalue weighted by molar-refractivity contribution is 6.32. The van der Waals surface area contributed by atoms with E-state index >= 15 is 0 Å². The highest BCUT2D eigenvalue weighted by Crippen LogP contribution is 2.30. The van der Waals surface area contributed by atoms with Crippen LogP contribution in [0.5, 0.6) is 5.75 Å². The normalized spacial score (nSPS) is 19.1. The Morgan fingerprint density at radius 1 is 1.55 bits per heavy atom. The maximum Gasteiger partial charge on any atom is 0.309 e. The average Bonchev–Trinajstić information content (AvgIpc) is 2.85. The lowest BCUT2D eigenvalue weighted by Crippen LogP contribution is -2.26. The maximum atomic E-state index is 11.1. The van der Waals surface area contributed by atoms with Crippen molar-refractivity contribution in [2.24, 2.45) is 5.41 Å². The molecule has 0 aromatic heterocycles. The van der Waals surface area contributed by atoms with Crippen molar-refractivity contribution in [1.82, 2.24) is 0 Å². The third kappa shape index (κ3) is 3.64. The topological polar surface area (TPSA) is 55.8 Å². The minimum absolute atomic E-state index is 0.0498. The summed E-state index contributed by atoms with van der Waals surface area (Å²) in [6.07, 6.45) is 1.34. The quantitative estimate of drug-likeness (QED) is 0.907. The van der Waals surface area contributed by atoms with Crippen LogP contribution in [-0.2, 0) is 16.0 Å². The summed E-state index contributed by atoms with van der Waals surface area (Å²) in [4.78, 5) is 11.1. The van der Waals surface area contributed by atoms with E-state index in [1.165, 1.54) is 0 Å². The number of hydrogen-bond acceptors (Lipinski definition) is 3. The van der Waals surface area contributed by atoms with E-state index in [4.69, 9.17) is 26.2 Å². The third-order valence-electron chi connectivity index (χ3n) is 3.40. The second kappa shape index (κ2) is 6.02. The number of carbonyl (C=O) groups is 1. The Kier molecular flexibility index (Phi) is 4.55. The molecule has 0 spiro atoms. The molecule has 1 heterocycles. The summed E-state index contributed by atoms with van der Waals surface area (Å²) >= 11 is 6.20. The Hall–Kier alpha value is -1.26. The number of ether oxygens (including phenoxy) is 2. The lowest BCUT2D eigenvalue weighted by molar-refractivity contribution is -0.146. The molecule has 1 N–H and O–H groups in total. The molecule has 0 bridgehead atoms. The van der Waals surface area contributed by atoms with E-state index in [9.17, 15) is 4.79 Å². The summed E-state index contributed by atoms with van der Waals surface area (Å²) in [5, 5.41) is 9.65. The summed E-state index contributed by atoms with van der Waals surface area (Å²) < 4.78 is 11.0. The van der Waals surface area contributed by atoms with Crippen molar-refractivity contribution < 1.29 is 19.4 Å². The number of halogens is 1. The number of carboxylic acids is 1. The lowest BCUT2D eigenvalue weighted by atomic mass is 9.86. The van der Waals surface area contributed by atoms with Crippen LogP contribution in [0.1, 0.15) is 25.8 Å². The van der Waals surface area contributed by atoms with Gasteiger partial charge >= 0.3 is 5.97 Å². The minimum Gasteiger partial charge on any atom is -0.486 e. The molecule has 0 saturated carbocycles. The molecule has 0 amide bonds. The Morgan fingerprint density at radius 2 is 2.30 bits per heavy atom. The molecule has 1 unspecified atom stereocenters. The largest absolute Gasteiger partial charge is 0.486 e. The molecular formula is C15H19ClO4. The number of rotatable bonds is 5. The number of benzene rings is 1. The fraction of sp³-hybridized carbons (Fsp3) is 0.533. The molecule has 1 saturated heterocycles. The first kappa shape index (κ1) is 15.1. The van der Waals surface area contributed by atoms with E-state index in [-0.39, 0.29) is 6.10 Å². The van der Waals surface area contributed by atoms with Crippen molar-refractivity contribution >= 4 is 17.6 Å². The highest BCUT2D eigenvalue weighted by Gasteiger charge is 2.27. The molecule has 1 aromatic rings. The van der Waals surface area contributed by atoms with Crippen LogP contribution in [0.15, 0.2) is 18.2 Å². The zero-order chi connectivity index (χ0) is 14.8. The van der Waals surface area contributed by atoms with E-state index in [1.54, 1.807) is 26.0 Å². The lowest BCUT2D eigenvalue weighted by Gasteiger charge is -2.20. The van der Waals surface area contributed by atoms with E-state index in [0.717, 1.165) is 12.0 Å². The van der Waals surface area contributed by atoms with Gasteiger partial charge in [0.25, 0.3) is 0 Å². The monoisotopic (exact) mass is 298 g/mol. The first-order chi connectivity index (χ1) is 9.38. The molecule has 110 valence electrons. The molecule has 1 aliphatic heterocycles. The smallest absolute Gasteiger partial charge is 0.309 e. The van der Waals surface area contributed by atoms with Crippen molar-refractivity contribution in [2.45, 2.75) is 32.8 Å². The van der Waals surface area contributed by atoms with Gasteiger partial charge in [-0.3, -0.25) is 4.79 Å². The van der Waals surface area contributed by atoms with E-state index < -0.39 is 11.4 Å². The Labute approximate surface area is 123 Å². The molecule has 0 radical (unpaired) electrons. The molecule has 1 aromatic carbocycles. The molecule has 2 rings (SSSR count). The van der Waals surface area contributed by atoms with Crippen molar-refractivity contribution in [3.8, 4) is 5.75 Å². The summed E-state index contributed by atoms with van der Waals surface area (Å²) in [6.45, 7) is 4.70. The number of carboxylic acid groups (broad SMARTS) is 1. The Bertz CT molecular complexity index is 493. The zero-order valence-corrected chi connectivity index (χ0v) is 12.4. The second-order valence-corrected chi connectivity index (χ2v) is 6.14. The second-order valence-electron chi connectivity index (χ2n) is 5.73. The molecule has 4 nitrogen and oxygen atoms in total. The Morgan fingerprint density at radius 3 is 2.85 bits per heavy atom. The van der Waals surface area contributed by atoms with Gasteiger partial charge in [-0.1, -0.05) is 17.7 Å². The molecule has 1 atom stereocenters. The van der Waals surface area contributed by atoms with Gasteiger partial charge in [-0.2, -0.15) is 0 Å². The molecule has 20 heavy (non-hydrogen) atoms. The van der Waals surface area contributed by atoms with Crippen molar-refractivity contribution in [2.75, 3.05) is 13.2 Å². The van der Waals surface area contributed by atoms with Gasteiger partial charge in [0.05, 0.1) is 23.7 Å². The van der Waals surface area contributed by atoms with Crippen LogP contribution in [-0.4, -0.2) is 30.4 Å². The fourth-order valence-electron chi connectivity index (χ4n) is 2.12. The van der Waals surface area contributed by atoms with Crippen LogP contribution in [0, 0.1) is 5.41 Å². The van der Waals surface area contributed by atoms with Gasteiger partial charge in [0.1, 0.15) is 11.9 Å². The average molecular weight is 299 g/mol. The minimum atomic E-state index is -0.822. The van der Waals surface area contributed by atoms with Crippen LogP contribution in [0.2, 0.25) is 5.02 Å². The van der Waals surface area contributed by atoms with E-state index in [1.807, 2.05) is 6.07 Å². The SMILES string of the molecule is CC(C)(Cc1ccc(OC2CCOC2)c(Cl)c1)C(=O)O. The number of aliphatic carboxylic acids is 1. The van der Waals surface area contributed by atoms with Crippen LogP contribution >= 0.6 is 11.6 Å². The third-order valence-corrected chi connectivity index (χ3v) is 3.70. The predicted molar refractivity (Wildman–Crippen MR) is 76.4 cm³/mol. The maximum absolute atomic E-state index is 11.1. The molecule has 5 heteroatoms. The van der Waals surface area contributed by atoms with Crippen LogP contribution < -0.4 is 4.74 Å². The van der Waals surface area contributed by atoms with Gasteiger partial charge in [-0.25, -0.2) is 0 Å². The van der Waals surface area contributed by atoms with Crippen LogP contribution in [0.25, 0.3) is 0 Å². The number of hydrogen-bond donors (Lipinski definition) is 1. The van der Waals surface area contributed by atoms with Gasteiger partial charge in [0.2, 0.25) is 0 Å². The van der Waals surface area contributed by atoms with Crippen molar-refractivity contribution in [3.63, 3.8) is 0 Å². The van der Waals surface area contributed by atoms with Gasteiger partial charge in [0.15, 0.2) is 0 Å². The molecule has 1 aliphatic rings. The summed E-state index contributed by atoms with van der Waals surface area (Å²) in [5.74, 6) is -0.198. The van der Waals surface area contributed by atoms with Gasteiger partial charge in [-0.05, 0) is 38.0 Å². The molecular weight excluding hydrogens is 280 g/mol. The molecule has 1 fully saturated rings. The van der Waals surface area contributed by atoms with Gasteiger partial charge in [0, 0.05) is 6.42 Å². The van der Waals surface area contributed by atoms with Gasteiger partial charge < -0.3 is 14.6 Å². The Balaban J connectivity index is 2.07. The van der Waals surface area contributed by atoms with E-state index in [2.05, 4.69) is 0 Å². The molecule has 0 aliphatic carbocycles. The van der Waals surface area contributed by atoms with Crippen LogP contribution in [0.3, 0.4) is 0 Å². The van der Waals surface area contributed by atoms with Crippen molar-refractivity contribution in [1.29, 1.82) is 0 Å². The zero-order valence-electron chi connectivity index (χ0n) is 11.7. The first-order valence-electron chi connectivity index (χ1n) is 6.65. The standard InChI is InChI=1S/C15H19ClO4/c1-15(2,14(17)18)8-10-3-4-13(12(16)7-10)20-11-5-6-19-9-11/h3-4,7,11H,5-6,8-9H2,1-2H3,(H,17,18). The van der Waals surface area contributed by atoms with Gasteiger partial charge in [-0.15, -0.1) is 0 Å². The highest BCUT2D eigenvalue weighted by atomic mass is 35.5.